The molecule has 1 aromatic rings. The van der Waals surface area contributed by atoms with Crippen molar-refractivity contribution in [2.24, 2.45) is 0 Å². The Hall–Kier alpha value is -1.18. The third-order valence-electron chi connectivity index (χ3n) is 2.34. The van der Waals surface area contributed by atoms with Gasteiger partial charge >= 0.3 is 12.4 Å². The fourth-order valence-electron chi connectivity index (χ4n) is 1.54. The summed E-state index contributed by atoms with van der Waals surface area (Å²) in [6, 6.07) is 1.35. The molecular formula is C11H9ClF7N. The summed E-state index contributed by atoms with van der Waals surface area (Å²) in [4.78, 5) is 0.544. The molecule has 9 heteroatoms. The van der Waals surface area contributed by atoms with E-state index in [2.05, 4.69) is 0 Å². The van der Waals surface area contributed by atoms with Crippen LogP contribution in [0, 0.1) is 5.82 Å². The number of hydrogen-bond donors (Lipinski definition) is 0. The number of hydrogen-bond acceptors (Lipinski definition) is 1. The van der Waals surface area contributed by atoms with E-state index in [1.807, 2.05) is 0 Å². The minimum atomic E-state index is -4.76. The molecule has 20 heavy (non-hydrogen) atoms. The van der Waals surface area contributed by atoms with Crippen molar-refractivity contribution in [1.82, 2.24) is 0 Å². The number of nitrogens with zero attached hydrogens (tertiary/aromatic N) is 1. The summed E-state index contributed by atoms with van der Waals surface area (Å²) in [5, 5.41) is 0. The number of rotatable bonds is 4. The number of anilines is 1. The van der Waals surface area contributed by atoms with Crippen LogP contribution in [0.1, 0.15) is 5.56 Å². The molecule has 0 fully saturated rings. The molecule has 0 saturated carbocycles. The second-order valence-corrected chi connectivity index (χ2v) is 4.27. The summed E-state index contributed by atoms with van der Waals surface area (Å²) in [5.41, 5.74) is -1.84. The third-order valence-corrected chi connectivity index (χ3v) is 2.51. The van der Waals surface area contributed by atoms with Gasteiger partial charge in [0.1, 0.15) is 12.4 Å². The molecule has 0 aliphatic heterocycles. The molecule has 1 nitrogen and oxygen atoms in total. The number of halogens is 8. The first-order valence-electron chi connectivity index (χ1n) is 5.29. The lowest BCUT2D eigenvalue weighted by Crippen LogP contribution is -2.36. The maximum absolute atomic E-state index is 13.6. The molecule has 0 heterocycles. The summed E-state index contributed by atoms with van der Waals surface area (Å²) in [7, 11) is 0. The zero-order chi connectivity index (χ0) is 15.6. The summed E-state index contributed by atoms with van der Waals surface area (Å²) in [6.07, 6.45) is -9.39. The first-order valence-corrected chi connectivity index (χ1v) is 5.82. The van der Waals surface area contributed by atoms with Gasteiger partial charge in [0.05, 0.1) is 11.3 Å². The van der Waals surface area contributed by atoms with Gasteiger partial charge < -0.3 is 4.90 Å². The highest BCUT2D eigenvalue weighted by Crippen LogP contribution is 2.33. The van der Waals surface area contributed by atoms with Crippen LogP contribution in [-0.4, -0.2) is 25.1 Å². The van der Waals surface area contributed by atoms with Crippen LogP contribution in [0.15, 0.2) is 18.2 Å². The SMILES string of the molecule is Fc1cc(C(F)(F)F)ccc1N(CCCl)CC(F)(F)F. The normalized spacial score (nSPS) is 12.6. The average molecular weight is 324 g/mol. The molecular weight excluding hydrogens is 315 g/mol. The average Bonchev–Trinajstić information content (AvgIpc) is 2.25. The minimum Gasteiger partial charge on any atom is -0.359 e. The molecule has 0 spiro atoms. The van der Waals surface area contributed by atoms with Crippen molar-refractivity contribution in [3.05, 3.63) is 29.6 Å². The largest absolute Gasteiger partial charge is 0.416 e. The summed E-state index contributed by atoms with van der Waals surface area (Å²) in [6.45, 7) is -1.84. The molecule has 0 N–H and O–H groups in total. The van der Waals surface area contributed by atoms with Gasteiger partial charge in [-0.2, -0.15) is 26.3 Å². The van der Waals surface area contributed by atoms with Gasteiger partial charge in [-0.05, 0) is 18.2 Å². The van der Waals surface area contributed by atoms with Gasteiger partial charge in [-0.25, -0.2) is 4.39 Å². The van der Waals surface area contributed by atoms with Crippen LogP contribution in [-0.2, 0) is 6.18 Å². The summed E-state index contributed by atoms with van der Waals surface area (Å²) in [5.74, 6) is -1.61. The Morgan fingerprint density at radius 1 is 1.05 bits per heavy atom. The van der Waals surface area contributed by atoms with Crippen LogP contribution in [0.3, 0.4) is 0 Å². The van der Waals surface area contributed by atoms with Crippen molar-refractivity contribution in [1.29, 1.82) is 0 Å². The van der Waals surface area contributed by atoms with Crippen LogP contribution in [0.4, 0.5) is 36.4 Å². The molecule has 0 aromatic heterocycles. The highest BCUT2D eigenvalue weighted by atomic mass is 35.5. The molecule has 0 atom stereocenters. The molecule has 0 aliphatic carbocycles. The minimum absolute atomic E-state index is 0.160. The van der Waals surface area contributed by atoms with Crippen LogP contribution in [0.5, 0.6) is 0 Å². The van der Waals surface area contributed by atoms with Crippen LogP contribution in [0.25, 0.3) is 0 Å². The first-order chi connectivity index (χ1) is 9.04. The van der Waals surface area contributed by atoms with Crippen molar-refractivity contribution < 1.29 is 30.7 Å². The number of alkyl halides is 7. The van der Waals surface area contributed by atoms with Gasteiger partial charge in [0.15, 0.2) is 0 Å². The Morgan fingerprint density at radius 2 is 1.65 bits per heavy atom. The maximum Gasteiger partial charge on any atom is 0.416 e. The lowest BCUT2D eigenvalue weighted by Gasteiger charge is -2.25. The second-order valence-electron chi connectivity index (χ2n) is 3.89. The quantitative estimate of drug-likeness (QED) is 0.584. The van der Waals surface area contributed by atoms with Crippen LogP contribution in [0.2, 0.25) is 0 Å². The lowest BCUT2D eigenvalue weighted by atomic mass is 10.1. The van der Waals surface area contributed by atoms with E-state index in [4.69, 9.17) is 11.6 Å². The van der Waals surface area contributed by atoms with Crippen molar-refractivity contribution >= 4 is 17.3 Å². The van der Waals surface area contributed by atoms with Crippen molar-refractivity contribution in [2.75, 3.05) is 23.9 Å². The Balaban J connectivity index is 3.09. The van der Waals surface area contributed by atoms with E-state index in [9.17, 15) is 30.7 Å². The Kier molecular flexibility index (Phi) is 5.12. The van der Waals surface area contributed by atoms with Gasteiger partial charge in [0.2, 0.25) is 0 Å². The van der Waals surface area contributed by atoms with Crippen LogP contribution < -0.4 is 4.90 Å². The molecule has 114 valence electrons. The smallest absolute Gasteiger partial charge is 0.359 e. The third kappa shape index (κ3) is 4.73. The molecule has 1 aromatic carbocycles. The van der Waals surface area contributed by atoms with E-state index in [0.29, 0.717) is 17.0 Å². The molecule has 0 saturated heterocycles. The van der Waals surface area contributed by atoms with Gasteiger partial charge in [-0.3, -0.25) is 0 Å². The number of benzene rings is 1. The van der Waals surface area contributed by atoms with Gasteiger partial charge in [-0.15, -0.1) is 11.6 Å². The molecule has 0 aliphatic rings. The van der Waals surface area contributed by atoms with Crippen molar-refractivity contribution in [3.63, 3.8) is 0 Å². The van der Waals surface area contributed by atoms with Gasteiger partial charge in [0.25, 0.3) is 0 Å². The van der Waals surface area contributed by atoms with E-state index >= 15 is 0 Å². The molecule has 0 amide bonds. The zero-order valence-corrected chi connectivity index (χ0v) is 10.6. The molecule has 0 unspecified atom stereocenters. The monoisotopic (exact) mass is 323 g/mol. The topological polar surface area (TPSA) is 3.24 Å². The van der Waals surface area contributed by atoms with E-state index in [1.165, 1.54) is 0 Å². The fourth-order valence-corrected chi connectivity index (χ4v) is 1.75. The molecule has 1 rings (SSSR count). The first kappa shape index (κ1) is 16.9. The van der Waals surface area contributed by atoms with E-state index in [0.717, 1.165) is 0 Å². The van der Waals surface area contributed by atoms with Crippen molar-refractivity contribution in [3.8, 4) is 0 Å². The Labute approximate surface area is 114 Å². The zero-order valence-electron chi connectivity index (χ0n) is 9.82. The predicted molar refractivity (Wildman–Crippen MR) is 60.4 cm³/mol. The second kappa shape index (κ2) is 6.07. The highest BCUT2D eigenvalue weighted by molar-refractivity contribution is 6.18. The van der Waals surface area contributed by atoms with Gasteiger partial charge in [-0.1, -0.05) is 0 Å². The lowest BCUT2D eigenvalue weighted by molar-refractivity contribution is -0.137. The highest BCUT2D eigenvalue weighted by Gasteiger charge is 2.34. The fraction of sp³-hybridized carbons (Fsp3) is 0.455. The molecule has 0 radical (unpaired) electrons. The van der Waals surface area contributed by atoms with E-state index in [-0.39, 0.29) is 18.5 Å². The van der Waals surface area contributed by atoms with Crippen LogP contribution >= 0.6 is 11.6 Å². The molecule has 0 bridgehead atoms. The predicted octanol–water partition coefficient (Wildman–Crippen LogP) is 4.45. The summed E-state index contributed by atoms with van der Waals surface area (Å²) < 4.78 is 87.6. The maximum atomic E-state index is 13.6. The van der Waals surface area contributed by atoms with E-state index in [1.54, 1.807) is 0 Å². The van der Waals surface area contributed by atoms with Gasteiger partial charge in [0, 0.05) is 12.4 Å². The Bertz CT molecular complexity index is 455. The van der Waals surface area contributed by atoms with Crippen molar-refractivity contribution in [2.45, 2.75) is 12.4 Å². The standard InChI is InChI=1S/C11H9ClF7N/c12-3-4-20(6-10(14,15)16)9-2-1-7(5-8(9)13)11(17,18)19/h1-2,5H,3-4,6H2. The van der Waals surface area contributed by atoms with E-state index < -0.39 is 36.0 Å². The Morgan fingerprint density at radius 3 is 2.05 bits per heavy atom. The summed E-state index contributed by atoms with van der Waals surface area (Å²) >= 11 is 5.32.